The van der Waals surface area contributed by atoms with Crippen LogP contribution in [0, 0.1) is 0 Å². The number of carbonyl (C=O) groups excluding carboxylic acids is 1. The maximum Gasteiger partial charge on any atom is 0.387 e. The zero-order valence-electron chi connectivity index (χ0n) is 17.7. The highest BCUT2D eigenvalue weighted by atomic mass is 19.3. The van der Waals surface area contributed by atoms with Gasteiger partial charge in [-0.25, -0.2) is 4.98 Å². The molecule has 10 heteroatoms. The van der Waals surface area contributed by atoms with Crippen LogP contribution in [-0.2, 0) is 10.2 Å². The van der Waals surface area contributed by atoms with Gasteiger partial charge in [0.15, 0.2) is 0 Å². The fourth-order valence-electron chi connectivity index (χ4n) is 4.04. The van der Waals surface area contributed by atoms with Gasteiger partial charge >= 0.3 is 12.6 Å². The molecule has 0 saturated heterocycles. The number of benzene rings is 1. The van der Waals surface area contributed by atoms with Crippen LogP contribution in [0.2, 0.25) is 0 Å². The molecule has 2 heterocycles. The number of alkyl halides is 2. The lowest BCUT2D eigenvalue weighted by Gasteiger charge is -2.16. The summed E-state index contributed by atoms with van der Waals surface area (Å²) in [4.78, 5) is 28.7. The summed E-state index contributed by atoms with van der Waals surface area (Å²) in [5, 5.41) is 12.3. The van der Waals surface area contributed by atoms with Crippen molar-refractivity contribution in [3.63, 3.8) is 0 Å². The van der Waals surface area contributed by atoms with Crippen molar-refractivity contribution >= 4 is 17.5 Å². The minimum absolute atomic E-state index is 0.0230. The maximum atomic E-state index is 13.2. The van der Waals surface area contributed by atoms with Gasteiger partial charge in [0.25, 0.3) is 5.91 Å². The molecule has 2 aliphatic rings. The monoisotopic (exact) mass is 457 g/mol. The van der Waals surface area contributed by atoms with E-state index in [9.17, 15) is 23.5 Å². The van der Waals surface area contributed by atoms with Crippen molar-refractivity contribution < 1.29 is 33.0 Å². The summed E-state index contributed by atoms with van der Waals surface area (Å²) in [5.41, 5.74) is 1.22. The molecule has 2 aromatic heterocycles. The van der Waals surface area contributed by atoms with Gasteiger partial charge in [0.1, 0.15) is 22.7 Å². The van der Waals surface area contributed by atoms with Gasteiger partial charge in [-0.2, -0.15) is 8.78 Å². The lowest BCUT2D eigenvalue weighted by molar-refractivity contribution is -0.140. The second-order valence-electron chi connectivity index (χ2n) is 8.35. The molecule has 8 nitrogen and oxygen atoms in total. The van der Waals surface area contributed by atoms with Gasteiger partial charge in [0, 0.05) is 17.8 Å². The Labute approximate surface area is 187 Å². The van der Waals surface area contributed by atoms with Crippen LogP contribution < -0.4 is 14.8 Å². The minimum Gasteiger partial charge on any atom is -0.496 e. The van der Waals surface area contributed by atoms with E-state index in [-0.39, 0.29) is 23.1 Å². The average Bonchev–Trinajstić information content (AvgIpc) is 3.70. The molecule has 0 bridgehead atoms. The van der Waals surface area contributed by atoms with E-state index in [1.54, 1.807) is 35.0 Å². The second kappa shape index (κ2) is 7.72. The number of halogens is 2. The van der Waals surface area contributed by atoms with E-state index in [0.29, 0.717) is 35.3 Å². The molecule has 0 aliphatic heterocycles. The molecular weight excluding hydrogens is 436 g/mol. The van der Waals surface area contributed by atoms with Crippen LogP contribution in [0.5, 0.6) is 11.5 Å². The third-order valence-corrected chi connectivity index (χ3v) is 6.16. The number of carboxylic acid groups (broad SMARTS) is 1. The smallest absolute Gasteiger partial charge is 0.387 e. The first-order chi connectivity index (χ1) is 15.8. The van der Waals surface area contributed by atoms with Gasteiger partial charge in [-0.05, 0) is 55.5 Å². The Morgan fingerprint density at radius 1 is 1.24 bits per heavy atom. The first-order valence-electron chi connectivity index (χ1n) is 10.5. The quantitative estimate of drug-likeness (QED) is 0.536. The van der Waals surface area contributed by atoms with Crippen molar-refractivity contribution in [1.82, 2.24) is 14.7 Å². The molecule has 5 rings (SSSR count). The third kappa shape index (κ3) is 3.75. The molecule has 2 N–H and O–H groups in total. The average molecular weight is 457 g/mol. The first kappa shape index (κ1) is 21.2. The number of hydrogen-bond donors (Lipinski definition) is 2. The molecule has 2 aliphatic carbocycles. The van der Waals surface area contributed by atoms with E-state index >= 15 is 0 Å². The van der Waals surface area contributed by atoms with Crippen molar-refractivity contribution in [1.29, 1.82) is 0 Å². The Bertz CT molecular complexity index is 1260. The number of amides is 1. The molecule has 2 saturated carbocycles. The highest BCUT2D eigenvalue weighted by molar-refractivity contribution is 6.01. The van der Waals surface area contributed by atoms with E-state index in [1.807, 2.05) is 0 Å². The predicted octanol–water partition coefficient (Wildman–Crippen LogP) is 3.62. The van der Waals surface area contributed by atoms with E-state index < -0.39 is 23.9 Å². The number of hydrogen-bond acceptors (Lipinski definition) is 5. The van der Waals surface area contributed by atoms with Crippen LogP contribution in [0.15, 0.2) is 36.7 Å². The number of nitrogens with one attached hydrogen (secondary N) is 1. The summed E-state index contributed by atoms with van der Waals surface area (Å²) in [6, 6.07) is 6.39. The zero-order chi connectivity index (χ0) is 23.3. The van der Waals surface area contributed by atoms with Gasteiger partial charge in [-0.1, -0.05) is 0 Å². The van der Waals surface area contributed by atoms with Crippen LogP contribution in [0.4, 0.5) is 8.78 Å². The normalized spacial score (nSPS) is 16.6. The Morgan fingerprint density at radius 3 is 2.58 bits per heavy atom. The van der Waals surface area contributed by atoms with Crippen LogP contribution >= 0.6 is 0 Å². The summed E-state index contributed by atoms with van der Waals surface area (Å²) >= 11 is 0. The Morgan fingerprint density at radius 2 is 1.97 bits per heavy atom. The number of aromatic nitrogens is 2. The van der Waals surface area contributed by atoms with Gasteiger partial charge in [-0.3, -0.25) is 14.0 Å². The highest BCUT2D eigenvalue weighted by Gasteiger charge is 2.51. The summed E-state index contributed by atoms with van der Waals surface area (Å²) in [5.74, 6) is -1.61. The second-order valence-corrected chi connectivity index (χ2v) is 8.35. The maximum absolute atomic E-state index is 13.2. The van der Waals surface area contributed by atoms with E-state index in [4.69, 9.17) is 9.47 Å². The number of rotatable bonds is 8. The third-order valence-electron chi connectivity index (χ3n) is 6.16. The predicted molar refractivity (Wildman–Crippen MR) is 113 cm³/mol. The number of nitrogens with zero attached hydrogens (tertiary/aromatic N) is 2. The van der Waals surface area contributed by atoms with Crippen molar-refractivity contribution in [2.45, 2.75) is 43.8 Å². The van der Waals surface area contributed by atoms with Gasteiger partial charge in [-0.15, -0.1) is 0 Å². The summed E-state index contributed by atoms with van der Waals surface area (Å²) in [6.07, 6.45) is 6.06. The number of carboxylic acids is 1. The molecule has 3 aromatic rings. The number of pyridine rings is 1. The van der Waals surface area contributed by atoms with Crippen molar-refractivity contribution in [3.05, 3.63) is 47.8 Å². The summed E-state index contributed by atoms with van der Waals surface area (Å²) in [6.45, 7) is -3.13. The van der Waals surface area contributed by atoms with Gasteiger partial charge < -0.3 is 19.9 Å². The number of imidazole rings is 1. The molecule has 172 valence electrons. The van der Waals surface area contributed by atoms with Crippen LogP contribution in [-0.4, -0.2) is 46.1 Å². The lowest BCUT2D eigenvalue weighted by atomic mass is 9.97. The van der Waals surface area contributed by atoms with Crippen LogP contribution in [0.3, 0.4) is 0 Å². The fourth-order valence-corrected chi connectivity index (χ4v) is 4.04. The standard InChI is InChI=1S/C23H21F2N3O5/c1-32-16-8-12(9-17(33-22(24)25)19(16)20(29)27-14-2-3-14)15-11-26-18-10-13(4-7-28(15)18)23(5-6-23)21(30)31/h4,7-11,14,22H,2-3,5-6H2,1H3,(H,27,29)(H,30,31). The molecule has 0 radical (unpaired) electrons. The van der Waals surface area contributed by atoms with E-state index in [1.165, 1.54) is 13.2 Å². The molecular formula is C23H21F2N3O5. The molecule has 33 heavy (non-hydrogen) atoms. The number of fused-ring (bicyclic) bond motifs is 1. The highest BCUT2D eigenvalue weighted by Crippen LogP contribution is 2.48. The number of methoxy groups -OCH3 is 1. The largest absolute Gasteiger partial charge is 0.496 e. The topological polar surface area (TPSA) is 102 Å². The minimum atomic E-state index is -3.13. The molecule has 1 aromatic carbocycles. The SMILES string of the molecule is COc1cc(-c2cnc3cc(C4(C(=O)O)CC4)ccn23)cc(OC(F)F)c1C(=O)NC1CC1. The molecule has 0 atom stereocenters. The van der Waals surface area contributed by atoms with Gasteiger partial charge in [0.05, 0.1) is 24.4 Å². The van der Waals surface area contributed by atoms with E-state index in [0.717, 1.165) is 12.8 Å². The molecule has 0 spiro atoms. The van der Waals surface area contributed by atoms with Crippen LogP contribution in [0.1, 0.15) is 41.6 Å². The van der Waals surface area contributed by atoms with Crippen molar-refractivity contribution in [3.8, 4) is 22.8 Å². The fraction of sp³-hybridized carbons (Fsp3) is 0.348. The number of ether oxygens (including phenoxy) is 2. The molecule has 0 unspecified atom stereocenters. The van der Waals surface area contributed by atoms with Gasteiger partial charge in [0.2, 0.25) is 0 Å². The molecule has 1 amide bonds. The van der Waals surface area contributed by atoms with E-state index in [2.05, 4.69) is 10.3 Å². The van der Waals surface area contributed by atoms with Crippen molar-refractivity contribution in [2.75, 3.05) is 7.11 Å². The lowest BCUT2D eigenvalue weighted by Crippen LogP contribution is -2.26. The summed E-state index contributed by atoms with van der Waals surface area (Å²) < 4.78 is 38.1. The van der Waals surface area contributed by atoms with Crippen molar-refractivity contribution in [2.24, 2.45) is 0 Å². The first-order valence-corrected chi connectivity index (χ1v) is 10.5. The molecule has 2 fully saturated rings. The Balaban J connectivity index is 1.58. The zero-order valence-corrected chi connectivity index (χ0v) is 17.7. The number of carbonyl (C=O) groups is 2. The summed E-state index contributed by atoms with van der Waals surface area (Å²) in [7, 11) is 1.35. The Hall–Kier alpha value is -3.69. The Kier molecular flexibility index (Phi) is 4.95. The van der Waals surface area contributed by atoms with Crippen LogP contribution in [0.25, 0.3) is 16.9 Å². The number of aliphatic carboxylic acids is 1.